The quantitative estimate of drug-likeness (QED) is 0.899. The van der Waals surface area contributed by atoms with E-state index in [1.54, 1.807) is 0 Å². The molecule has 0 bridgehead atoms. The van der Waals surface area contributed by atoms with Crippen molar-refractivity contribution in [3.05, 3.63) is 34.3 Å². The van der Waals surface area contributed by atoms with Gasteiger partial charge in [0.1, 0.15) is 0 Å². The van der Waals surface area contributed by atoms with E-state index in [1.165, 1.54) is 24.0 Å². The number of hydrogen-bond acceptors (Lipinski definition) is 2. The molecule has 0 unspecified atom stereocenters. The molecule has 1 aliphatic rings. The van der Waals surface area contributed by atoms with Crippen LogP contribution in [0.25, 0.3) is 0 Å². The van der Waals surface area contributed by atoms with Crippen LogP contribution in [-0.4, -0.2) is 31.1 Å². The molecule has 3 heteroatoms. The van der Waals surface area contributed by atoms with Gasteiger partial charge in [0, 0.05) is 37.2 Å². The van der Waals surface area contributed by atoms with Crippen LogP contribution in [0.2, 0.25) is 5.02 Å². The normalized spacial score (nSPS) is 18.8. The van der Waals surface area contributed by atoms with E-state index in [0.29, 0.717) is 6.04 Å². The molecular formula is C15H23ClN2. The molecule has 1 aromatic carbocycles. The van der Waals surface area contributed by atoms with E-state index < -0.39 is 0 Å². The molecule has 1 heterocycles. The van der Waals surface area contributed by atoms with Gasteiger partial charge in [0.05, 0.1) is 0 Å². The van der Waals surface area contributed by atoms with Crippen molar-refractivity contribution in [1.29, 1.82) is 0 Å². The maximum atomic E-state index is 6.44. The topological polar surface area (TPSA) is 15.3 Å². The first kappa shape index (κ1) is 13.9. The van der Waals surface area contributed by atoms with Crippen LogP contribution in [0.5, 0.6) is 0 Å². The lowest BCUT2D eigenvalue weighted by Gasteiger charge is -2.36. The third-order valence-corrected chi connectivity index (χ3v) is 4.09. The minimum atomic E-state index is 0.478. The number of hydrogen-bond donors (Lipinski definition) is 1. The number of nitrogens with one attached hydrogen (secondary N) is 1. The predicted molar refractivity (Wildman–Crippen MR) is 78.3 cm³/mol. The lowest BCUT2D eigenvalue weighted by Crippen LogP contribution is -2.45. The Balaban J connectivity index is 2.28. The minimum absolute atomic E-state index is 0.478. The van der Waals surface area contributed by atoms with Gasteiger partial charge in [-0.3, -0.25) is 4.90 Å². The van der Waals surface area contributed by atoms with Gasteiger partial charge in [0.2, 0.25) is 0 Å². The molecule has 1 aliphatic heterocycles. The summed E-state index contributed by atoms with van der Waals surface area (Å²) in [5, 5.41) is 4.34. The molecule has 0 aliphatic carbocycles. The number of piperazine rings is 1. The van der Waals surface area contributed by atoms with Crippen LogP contribution in [0.1, 0.15) is 36.9 Å². The summed E-state index contributed by atoms with van der Waals surface area (Å²) in [6, 6.07) is 6.72. The fourth-order valence-electron chi connectivity index (χ4n) is 2.84. The Labute approximate surface area is 115 Å². The summed E-state index contributed by atoms with van der Waals surface area (Å²) in [4.78, 5) is 2.58. The van der Waals surface area contributed by atoms with E-state index in [9.17, 15) is 0 Å². The zero-order chi connectivity index (χ0) is 13.0. The van der Waals surface area contributed by atoms with Crippen LogP contribution in [0, 0.1) is 6.92 Å². The lowest BCUT2D eigenvalue weighted by atomic mass is 9.95. The predicted octanol–water partition coefficient (Wildman–Crippen LogP) is 3.39. The second-order valence-corrected chi connectivity index (χ2v) is 5.47. The zero-order valence-corrected chi connectivity index (χ0v) is 12.1. The average Bonchev–Trinajstić information content (AvgIpc) is 2.38. The van der Waals surface area contributed by atoms with Crippen molar-refractivity contribution in [3.8, 4) is 0 Å². The highest BCUT2D eigenvalue weighted by molar-refractivity contribution is 6.31. The van der Waals surface area contributed by atoms with Gasteiger partial charge < -0.3 is 5.32 Å². The molecule has 0 amide bonds. The van der Waals surface area contributed by atoms with Crippen LogP contribution in [0.15, 0.2) is 18.2 Å². The molecule has 1 fully saturated rings. The van der Waals surface area contributed by atoms with E-state index in [2.05, 4.69) is 30.1 Å². The SMILES string of the molecule is CCC[C@@H](c1c(C)cccc1Cl)N1CCNCC1. The van der Waals surface area contributed by atoms with Gasteiger partial charge >= 0.3 is 0 Å². The van der Waals surface area contributed by atoms with Crippen LogP contribution in [0.3, 0.4) is 0 Å². The molecule has 18 heavy (non-hydrogen) atoms. The molecule has 0 spiro atoms. The van der Waals surface area contributed by atoms with Gasteiger partial charge in [-0.1, -0.05) is 37.1 Å². The Hall–Kier alpha value is -0.570. The highest BCUT2D eigenvalue weighted by atomic mass is 35.5. The molecule has 100 valence electrons. The highest BCUT2D eigenvalue weighted by Crippen LogP contribution is 2.33. The average molecular weight is 267 g/mol. The molecule has 1 aromatic rings. The van der Waals surface area contributed by atoms with Crippen LogP contribution >= 0.6 is 11.6 Å². The number of nitrogens with zero attached hydrogens (tertiary/aromatic N) is 1. The molecule has 2 rings (SSSR count). The van der Waals surface area contributed by atoms with Gasteiger partial charge in [0.15, 0.2) is 0 Å². The number of benzene rings is 1. The lowest BCUT2D eigenvalue weighted by molar-refractivity contribution is 0.164. The second-order valence-electron chi connectivity index (χ2n) is 5.06. The third-order valence-electron chi connectivity index (χ3n) is 3.76. The molecule has 0 aromatic heterocycles. The molecular weight excluding hydrogens is 244 g/mol. The van der Waals surface area contributed by atoms with Gasteiger partial charge in [0.25, 0.3) is 0 Å². The summed E-state index contributed by atoms with van der Waals surface area (Å²) < 4.78 is 0. The maximum absolute atomic E-state index is 6.44. The summed E-state index contributed by atoms with van der Waals surface area (Å²) in [6.45, 7) is 8.84. The largest absolute Gasteiger partial charge is 0.314 e. The summed E-state index contributed by atoms with van der Waals surface area (Å²) in [5.74, 6) is 0. The van der Waals surface area contributed by atoms with Gasteiger partial charge in [-0.2, -0.15) is 0 Å². The van der Waals surface area contributed by atoms with Crippen molar-refractivity contribution in [2.75, 3.05) is 26.2 Å². The van der Waals surface area contributed by atoms with Crippen LogP contribution < -0.4 is 5.32 Å². The highest BCUT2D eigenvalue weighted by Gasteiger charge is 2.24. The van der Waals surface area contributed by atoms with E-state index in [4.69, 9.17) is 11.6 Å². The van der Waals surface area contributed by atoms with Crippen molar-refractivity contribution in [1.82, 2.24) is 10.2 Å². The van der Waals surface area contributed by atoms with Gasteiger partial charge in [-0.25, -0.2) is 0 Å². The Morgan fingerprint density at radius 1 is 1.33 bits per heavy atom. The minimum Gasteiger partial charge on any atom is -0.314 e. The van der Waals surface area contributed by atoms with Crippen molar-refractivity contribution in [2.24, 2.45) is 0 Å². The molecule has 1 atom stereocenters. The first-order chi connectivity index (χ1) is 8.74. The fraction of sp³-hybridized carbons (Fsp3) is 0.600. The summed E-state index contributed by atoms with van der Waals surface area (Å²) in [6.07, 6.45) is 2.38. The first-order valence-corrected chi connectivity index (χ1v) is 7.31. The van der Waals surface area contributed by atoms with Crippen LogP contribution in [0.4, 0.5) is 0 Å². The van der Waals surface area contributed by atoms with Gasteiger partial charge in [-0.05, 0) is 30.5 Å². The molecule has 1 N–H and O–H groups in total. The Morgan fingerprint density at radius 3 is 2.67 bits per heavy atom. The second kappa shape index (κ2) is 6.55. The van der Waals surface area contributed by atoms with Crippen molar-refractivity contribution < 1.29 is 0 Å². The monoisotopic (exact) mass is 266 g/mol. The van der Waals surface area contributed by atoms with E-state index in [1.807, 2.05) is 12.1 Å². The van der Waals surface area contributed by atoms with Gasteiger partial charge in [-0.15, -0.1) is 0 Å². The number of rotatable bonds is 4. The summed E-state index contributed by atoms with van der Waals surface area (Å²) >= 11 is 6.44. The van der Waals surface area contributed by atoms with E-state index in [0.717, 1.165) is 31.2 Å². The Kier molecular flexibility index (Phi) is 5.04. The smallest absolute Gasteiger partial charge is 0.0456 e. The third kappa shape index (κ3) is 3.05. The standard InChI is InChI=1S/C15H23ClN2/c1-3-5-14(18-10-8-17-9-11-18)15-12(2)6-4-7-13(15)16/h4,6-7,14,17H,3,5,8-11H2,1-2H3/t14-/m0/s1. The summed E-state index contributed by atoms with van der Waals surface area (Å²) in [5.41, 5.74) is 2.65. The van der Waals surface area contributed by atoms with Crippen LogP contribution in [-0.2, 0) is 0 Å². The molecule has 0 radical (unpaired) electrons. The Bertz CT molecular complexity index is 366. The van der Waals surface area contributed by atoms with Crippen molar-refractivity contribution in [3.63, 3.8) is 0 Å². The molecule has 1 saturated heterocycles. The first-order valence-electron chi connectivity index (χ1n) is 6.93. The van der Waals surface area contributed by atoms with E-state index in [-0.39, 0.29) is 0 Å². The van der Waals surface area contributed by atoms with Crippen molar-refractivity contribution >= 4 is 11.6 Å². The maximum Gasteiger partial charge on any atom is 0.0456 e. The number of halogens is 1. The number of aryl methyl sites for hydroxylation is 1. The molecule has 0 saturated carbocycles. The zero-order valence-electron chi connectivity index (χ0n) is 11.4. The molecule has 2 nitrogen and oxygen atoms in total. The van der Waals surface area contributed by atoms with E-state index >= 15 is 0 Å². The van der Waals surface area contributed by atoms with Crippen molar-refractivity contribution in [2.45, 2.75) is 32.7 Å². The Morgan fingerprint density at radius 2 is 2.06 bits per heavy atom. The summed E-state index contributed by atoms with van der Waals surface area (Å²) in [7, 11) is 0. The fourth-order valence-corrected chi connectivity index (χ4v) is 3.19.